The number of benzene rings is 1. The molecule has 2 atom stereocenters. The second-order valence-electron chi connectivity index (χ2n) is 5.03. The molecule has 1 aliphatic heterocycles. The standard InChI is InChI=1S/C14H22N2/c1-12-8-15-9-13(2)16(10-12)11-14-6-4-3-5-7-14/h3-7,12-13,15H,8-11H2,1-2H3. The number of hydrogen-bond acceptors (Lipinski definition) is 2. The van der Waals surface area contributed by atoms with Gasteiger partial charge in [0.25, 0.3) is 0 Å². The Labute approximate surface area is 98.7 Å². The van der Waals surface area contributed by atoms with Gasteiger partial charge in [-0.1, -0.05) is 37.3 Å². The molecule has 0 aromatic heterocycles. The summed E-state index contributed by atoms with van der Waals surface area (Å²) in [4.78, 5) is 2.58. The van der Waals surface area contributed by atoms with Crippen LogP contribution in [0.4, 0.5) is 0 Å². The van der Waals surface area contributed by atoms with E-state index in [0.717, 1.165) is 25.6 Å². The van der Waals surface area contributed by atoms with Gasteiger partial charge >= 0.3 is 0 Å². The smallest absolute Gasteiger partial charge is 0.0237 e. The van der Waals surface area contributed by atoms with Crippen molar-refractivity contribution in [2.75, 3.05) is 19.6 Å². The Bertz CT molecular complexity index is 310. The van der Waals surface area contributed by atoms with E-state index in [-0.39, 0.29) is 0 Å². The van der Waals surface area contributed by atoms with Crippen LogP contribution in [0.5, 0.6) is 0 Å². The monoisotopic (exact) mass is 218 g/mol. The molecule has 2 heteroatoms. The van der Waals surface area contributed by atoms with Crippen LogP contribution >= 0.6 is 0 Å². The highest BCUT2D eigenvalue weighted by molar-refractivity contribution is 5.14. The zero-order valence-electron chi connectivity index (χ0n) is 10.3. The van der Waals surface area contributed by atoms with E-state index in [4.69, 9.17) is 0 Å². The van der Waals surface area contributed by atoms with Crippen LogP contribution in [-0.2, 0) is 6.54 Å². The van der Waals surface area contributed by atoms with E-state index < -0.39 is 0 Å². The quantitative estimate of drug-likeness (QED) is 0.818. The summed E-state index contributed by atoms with van der Waals surface area (Å²) in [5.41, 5.74) is 1.42. The lowest BCUT2D eigenvalue weighted by atomic mass is 10.1. The highest BCUT2D eigenvalue weighted by Crippen LogP contribution is 2.12. The Balaban J connectivity index is 2.01. The summed E-state index contributed by atoms with van der Waals surface area (Å²) >= 11 is 0. The van der Waals surface area contributed by atoms with Crippen LogP contribution in [0.2, 0.25) is 0 Å². The van der Waals surface area contributed by atoms with E-state index in [2.05, 4.69) is 54.4 Å². The molecule has 0 bridgehead atoms. The van der Waals surface area contributed by atoms with Gasteiger partial charge in [0.15, 0.2) is 0 Å². The van der Waals surface area contributed by atoms with Gasteiger partial charge in [0.2, 0.25) is 0 Å². The van der Waals surface area contributed by atoms with E-state index in [1.807, 2.05) is 0 Å². The van der Waals surface area contributed by atoms with E-state index in [1.54, 1.807) is 0 Å². The van der Waals surface area contributed by atoms with Crippen LogP contribution in [0, 0.1) is 5.92 Å². The number of nitrogens with zero attached hydrogens (tertiary/aromatic N) is 1. The summed E-state index contributed by atoms with van der Waals surface area (Å²) in [6.07, 6.45) is 0. The van der Waals surface area contributed by atoms with Crippen molar-refractivity contribution in [3.63, 3.8) is 0 Å². The Hall–Kier alpha value is -0.860. The normalized spacial score (nSPS) is 27.6. The van der Waals surface area contributed by atoms with Crippen molar-refractivity contribution < 1.29 is 0 Å². The number of hydrogen-bond donors (Lipinski definition) is 1. The maximum Gasteiger partial charge on any atom is 0.0237 e. The molecule has 2 rings (SSSR count). The average molecular weight is 218 g/mol. The summed E-state index contributed by atoms with van der Waals surface area (Å²) in [5.74, 6) is 0.744. The maximum absolute atomic E-state index is 3.52. The summed E-state index contributed by atoms with van der Waals surface area (Å²) in [6, 6.07) is 11.4. The molecule has 1 N–H and O–H groups in total. The van der Waals surface area contributed by atoms with Crippen LogP contribution in [-0.4, -0.2) is 30.6 Å². The Morgan fingerprint density at radius 1 is 1.19 bits per heavy atom. The third-order valence-electron chi connectivity index (χ3n) is 3.33. The fourth-order valence-corrected chi connectivity index (χ4v) is 2.35. The minimum atomic E-state index is 0.630. The molecule has 16 heavy (non-hydrogen) atoms. The molecule has 2 unspecified atom stereocenters. The zero-order chi connectivity index (χ0) is 11.4. The minimum Gasteiger partial charge on any atom is -0.315 e. The van der Waals surface area contributed by atoms with Crippen molar-refractivity contribution in [3.05, 3.63) is 35.9 Å². The van der Waals surface area contributed by atoms with E-state index in [0.29, 0.717) is 6.04 Å². The molecular weight excluding hydrogens is 196 g/mol. The summed E-state index contributed by atoms with van der Waals surface area (Å²) in [5, 5.41) is 3.52. The number of rotatable bonds is 2. The average Bonchev–Trinajstić information content (AvgIpc) is 2.43. The molecule has 0 amide bonds. The highest BCUT2D eigenvalue weighted by atomic mass is 15.2. The van der Waals surface area contributed by atoms with Crippen LogP contribution in [0.25, 0.3) is 0 Å². The first-order valence-corrected chi connectivity index (χ1v) is 6.24. The second kappa shape index (κ2) is 5.46. The van der Waals surface area contributed by atoms with Gasteiger partial charge in [0.1, 0.15) is 0 Å². The minimum absolute atomic E-state index is 0.630. The molecule has 2 nitrogen and oxygen atoms in total. The van der Waals surface area contributed by atoms with Gasteiger partial charge in [-0.05, 0) is 24.9 Å². The third-order valence-corrected chi connectivity index (χ3v) is 3.33. The molecule has 1 aromatic rings. The lowest BCUT2D eigenvalue weighted by Gasteiger charge is -2.28. The molecule has 88 valence electrons. The molecule has 0 aliphatic carbocycles. The largest absolute Gasteiger partial charge is 0.315 e. The lowest BCUT2D eigenvalue weighted by Crippen LogP contribution is -2.37. The van der Waals surface area contributed by atoms with E-state index in [9.17, 15) is 0 Å². The lowest BCUT2D eigenvalue weighted by molar-refractivity contribution is 0.195. The van der Waals surface area contributed by atoms with Crippen molar-refractivity contribution in [2.45, 2.75) is 26.4 Å². The zero-order valence-corrected chi connectivity index (χ0v) is 10.3. The Morgan fingerprint density at radius 3 is 2.69 bits per heavy atom. The predicted molar refractivity (Wildman–Crippen MR) is 68.3 cm³/mol. The van der Waals surface area contributed by atoms with E-state index in [1.165, 1.54) is 12.1 Å². The van der Waals surface area contributed by atoms with Crippen LogP contribution in [0.3, 0.4) is 0 Å². The molecule has 0 radical (unpaired) electrons. The predicted octanol–water partition coefficient (Wildman–Crippen LogP) is 2.12. The summed E-state index contributed by atoms with van der Waals surface area (Å²) in [6.45, 7) is 9.17. The van der Waals surface area contributed by atoms with E-state index >= 15 is 0 Å². The van der Waals surface area contributed by atoms with Crippen LogP contribution in [0.15, 0.2) is 30.3 Å². The van der Waals surface area contributed by atoms with Gasteiger partial charge in [-0.2, -0.15) is 0 Å². The Kier molecular flexibility index (Phi) is 3.97. The SMILES string of the molecule is CC1CNCC(C)N(Cc2ccccc2)C1. The topological polar surface area (TPSA) is 15.3 Å². The molecule has 1 aliphatic rings. The summed E-state index contributed by atoms with van der Waals surface area (Å²) in [7, 11) is 0. The van der Waals surface area contributed by atoms with Crippen molar-refractivity contribution in [2.24, 2.45) is 5.92 Å². The van der Waals surface area contributed by atoms with Gasteiger partial charge in [-0.3, -0.25) is 4.90 Å². The Morgan fingerprint density at radius 2 is 1.94 bits per heavy atom. The van der Waals surface area contributed by atoms with Crippen LogP contribution in [0.1, 0.15) is 19.4 Å². The first-order chi connectivity index (χ1) is 7.75. The highest BCUT2D eigenvalue weighted by Gasteiger charge is 2.20. The second-order valence-corrected chi connectivity index (χ2v) is 5.03. The van der Waals surface area contributed by atoms with Gasteiger partial charge in [0, 0.05) is 25.7 Å². The third kappa shape index (κ3) is 3.06. The maximum atomic E-state index is 3.52. The molecule has 1 fully saturated rings. The molecule has 0 spiro atoms. The van der Waals surface area contributed by atoms with Gasteiger partial charge in [0.05, 0.1) is 0 Å². The fourth-order valence-electron chi connectivity index (χ4n) is 2.35. The molecule has 1 aromatic carbocycles. The van der Waals surface area contributed by atoms with Crippen LogP contribution < -0.4 is 5.32 Å². The molecule has 0 saturated carbocycles. The molecule has 1 saturated heterocycles. The van der Waals surface area contributed by atoms with Gasteiger partial charge < -0.3 is 5.32 Å². The van der Waals surface area contributed by atoms with Crippen molar-refractivity contribution in [3.8, 4) is 0 Å². The van der Waals surface area contributed by atoms with Crippen molar-refractivity contribution in [1.29, 1.82) is 0 Å². The molecule has 1 heterocycles. The van der Waals surface area contributed by atoms with Gasteiger partial charge in [-0.15, -0.1) is 0 Å². The van der Waals surface area contributed by atoms with Gasteiger partial charge in [-0.25, -0.2) is 0 Å². The number of nitrogens with one attached hydrogen (secondary N) is 1. The fraction of sp³-hybridized carbons (Fsp3) is 0.571. The first kappa shape index (κ1) is 11.6. The summed E-state index contributed by atoms with van der Waals surface area (Å²) < 4.78 is 0. The van der Waals surface area contributed by atoms with Crippen molar-refractivity contribution >= 4 is 0 Å². The van der Waals surface area contributed by atoms with Crippen molar-refractivity contribution in [1.82, 2.24) is 10.2 Å². The first-order valence-electron chi connectivity index (χ1n) is 6.24. The molecular formula is C14H22N2.